The maximum absolute atomic E-state index is 5.22. The van der Waals surface area contributed by atoms with Crippen LogP contribution in [0.15, 0.2) is 204 Å². The SMILES string of the molecule is c1ccc(C2=NC(c3ccc(-n4c5cc6ccccc6cc5c5c6ccccc6ccc54)cc3)=NC(c3ccc(-c4cccc5ccccc45)cc3)N2)cc1. The van der Waals surface area contributed by atoms with Gasteiger partial charge in [-0.25, -0.2) is 9.98 Å². The molecule has 1 aliphatic rings. The topological polar surface area (TPSA) is 41.7 Å². The van der Waals surface area contributed by atoms with Gasteiger partial charge >= 0.3 is 0 Å². The zero-order valence-corrected chi connectivity index (χ0v) is 29.9. The molecule has 0 amide bonds. The van der Waals surface area contributed by atoms with Gasteiger partial charge in [0, 0.05) is 27.6 Å². The van der Waals surface area contributed by atoms with Gasteiger partial charge in [-0.15, -0.1) is 0 Å². The van der Waals surface area contributed by atoms with Crippen LogP contribution in [0, 0.1) is 0 Å². The Labute approximate surface area is 318 Å². The summed E-state index contributed by atoms with van der Waals surface area (Å²) < 4.78 is 2.40. The van der Waals surface area contributed by atoms with Gasteiger partial charge in [0.1, 0.15) is 12.0 Å². The third kappa shape index (κ3) is 5.30. The van der Waals surface area contributed by atoms with Gasteiger partial charge in [0.2, 0.25) is 0 Å². The minimum absolute atomic E-state index is 0.303. The smallest absolute Gasteiger partial charge is 0.159 e. The number of aromatic nitrogens is 1. The highest BCUT2D eigenvalue weighted by atomic mass is 15.2. The van der Waals surface area contributed by atoms with Crippen LogP contribution in [0.2, 0.25) is 0 Å². The number of hydrogen-bond acceptors (Lipinski definition) is 3. The van der Waals surface area contributed by atoms with E-state index in [0.29, 0.717) is 5.84 Å². The van der Waals surface area contributed by atoms with Crippen molar-refractivity contribution in [3.8, 4) is 16.8 Å². The second-order valence-electron chi connectivity index (χ2n) is 14.3. The Hall–Kier alpha value is -7.30. The molecule has 0 saturated heterocycles. The van der Waals surface area contributed by atoms with E-state index in [1.54, 1.807) is 0 Å². The highest BCUT2D eigenvalue weighted by Gasteiger charge is 2.22. The number of amidine groups is 2. The van der Waals surface area contributed by atoms with E-state index in [9.17, 15) is 0 Å². The summed E-state index contributed by atoms with van der Waals surface area (Å²) in [6, 6.07) is 69.3. The van der Waals surface area contributed by atoms with E-state index in [1.165, 1.54) is 65.3 Å². The van der Waals surface area contributed by atoms with Crippen molar-refractivity contribution in [3.63, 3.8) is 0 Å². The largest absolute Gasteiger partial charge is 0.344 e. The van der Waals surface area contributed by atoms with Gasteiger partial charge in [-0.2, -0.15) is 0 Å². The van der Waals surface area contributed by atoms with E-state index >= 15 is 0 Å². The predicted octanol–water partition coefficient (Wildman–Crippen LogP) is 12.4. The molecule has 10 aromatic rings. The maximum atomic E-state index is 5.22. The average Bonchev–Trinajstić information content (AvgIpc) is 3.59. The average molecular weight is 703 g/mol. The van der Waals surface area contributed by atoms with Gasteiger partial charge in [0.25, 0.3) is 0 Å². The Kier molecular flexibility index (Phi) is 7.20. The lowest BCUT2D eigenvalue weighted by atomic mass is 9.97. The van der Waals surface area contributed by atoms with Crippen LogP contribution in [-0.2, 0) is 0 Å². The molecule has 1 N–H and O–H groups in total. The number of benzene rings is 9. The van der Waals surface area contributed by atoms with Crippen molar-refractivity contribution in [2.24, 2.45) is 9.98 Å². The first-order valence-electron chi connectivity index (χ1n) is 18.8. The van der Waals surface area contributed by atoms with Crippen LogP contribution in [0.1, 0.15) is 22.9 Å². The molecule has 0 bridgehead atoms. The van der Waals surface area contributed by atoms with Crippen LogP contribution < -0.4 is 5.32 Å². The molecule has 2 heterocycles. The molecular weight excluding hydrogens is 669 g/mol. The van der Waals surface area contributed by atoms with Crippen molar-refractivity contribution in [2.45, 2.75) is 6.17 Å². The number of aliphatic imine (C=N–C) groups is 2. The highest BCUT2D eigenvalue weighted by molar-refractivity contribution is 6.23. The molecular formula is C51H34N4. The van der Waals surface area contributed by atoms with E-state index in [2.05, 4.69) is 186 Å². The third-order valence-electron chi connectivity index (χ3n) is 11.0. The van der Waals surface area contributed by atoms with Crippen LogP contribution in [-0.4, -0.2) is 16.2 Å². The number of fused-ring (bicyclic) bond motifs is 7. The number of hydrogen-bond donors (Lipinski definition) is 1. The zero-order valence-electron chi connectivity index (χ0n) is 29.9. The van der Waals surface area contributed by atoms with Crippen molar-refractivity contribution in [3.05, 3.63) is 211 Å². The number of nitrogens with one attached hydrogen (secondary N) is 1. The van der Waals surface area contributed by atoms with E-state index in [1.807, 2.05) is 18.2 Å². The van der Waals surface area contributed by atoms with Crippen molar-refractivity contribution in [2.75, 3.05) is 0 Å². The second kappa shape index (κ2) is 12.7. The Morgan fingerprint density at radius 2 is 1.07 bits per heavy atom. The van der Waals surface area contributed by atoms with Gasteiger partial charge in [-0.3, -0.25) is 0 Å². The molecule has 1 unspecified atom stereocenters. The third-order valence-corrected chi connectivity index (χ3v) is 11.0. The van der Waals surface area contributed by atoms with E-state index in [0.717, 1.165) is 28.2 Å². The van der Waals surface area contributed by atoms with E-state index < -0.39 is 0 Å². The highest BCUT2D eigenvalue weighted by Crippen LogP contribution is 2.39. The molecule has 4 heteroatoms. The summed E-state index contributed by atoms with van der Waals surface area (Å²) in [5, 5.41) is 13.6. The van der Waals surface area contributed by atoms with Crippen LogP contribution in [0.5, 0.6) is 0 Å². The minimum atomic E-state index is -0.303. The summed E-state index contributed by atoms with van der Waals surface area (Å²) in [5.41, 5.74) is 8.94. The standard InChI is InChI=1S/C51H34N4/c1-2-13-36(14-3-1)49-52-50(37-23-21-35(22-24-37)43-20-10-17-33-11-6-8-18-42(33)43)54-51(53-49)38-25-28-41(29-26-38)55-46-30-27-34-12-7-9-19-44(34)48(46)45-31-39-15-4-5-16-40(39)32-47(45)55/h1-32,50H,(H,52,53,54). The first kappa shape index (κ1) is 31.2. The molecule has 11 rings (SSSR count). The summed E-state index contributed by atoms with van der Waals surface area (Å²) in [6.45, 7) is 0. The summed E-state index contributed by atoms with van der Waals surface area (Å²) in [4.78, 5) is 10.3. The second-order valence-corrected chi connectivity index (χ2v) is 14.3. The van der Waals surface area contributed by atoms with Crippen LogP contribution in [0.4, 0.5) is 0 Å². The van der Waals surface area contributed by atoms with E-state index in [4.69, 9.17) is 9.98 Å². The molecule has 1 aromatic heterocycles. The van der Waals surface area contributed by atoms with Gasteiger partial charge in [-0.1, -0.05) is 152 Å². The summed E-state index contributed by atoms with van der Waals surface area (Å²) >= 11 is 0. The fraction of sp³-hybridized carbons (Fsp3) is 0.0196. The van der Waals surface area contributed by atoms with Gasteiger partial charge in [0.05, 0.1) is 11.0 Å². The zero-order chi connectivity index (χ0) is 36.3. The Morgan fingerprint density at radius 3 is 1.85 bits per heavy atom. The van der Waals surface area contributed by atoms with Crippen molar-refractivity contribution in [1.29, 1.82) is 0 Å². The van der Waals surface area contributed by atoms with Gasteiger partial charge < -0.3 is 9.88 Å². The number of rotatable bonds is 5. The van der Waals surface area contributed by atoms with Crippen molar-refractivity contribution >= 4 is 65.8 Å². The number of nitrogens with zero attached hydrogens (tertiary/aromatic N) is 3. The summed E-state index contributed by atoms with van der Waals surface area (Å²) in [5.74, 6) is 1.51. The predicted molar refractivity (Wildman–Crippen MR) is 231 cm³/mol. The summed E-state index contributed by atoms with van der Waals surface area (Å²) in [7, 11) is 0. The van der Waals surface area contributed by atoms with Crippen molar-refractivity contribution in [1.82, 2.24) is 9.88 Å². The molecule has 4 nitrogen and oxygen atoms in total. The van der Waals surface area contributed by atoms with Crippen LogP contribution in [0.25, 0.3) is 70.9 Å². The fourth-order valence-corrected chi connectivity index (χ4v) is 8.32. The molecule has 1 atom stereocenters. The molecule has 55 heavy (non-hydrogen) atoms. The summed E-state index contributed by atoms with van der Waals surface area (Å²) in [6.07, 6.45) is -0.303. The lowest BCUT2D eigenvalue weighted by Crippen LogP contribution is -2.33. The molecule has 0 radical (unpaired) electrons. The first-order chi connectivity index (χ1) is 27.2. The van der Waals surface area contributed by atoms with Gasteiger partial charge in [-0.05, 0) is 91.5 Å². The Balaban J connectivity index is 1.01. The maximum Gasteiger partial charge on any atom is 0.159 e. The Bertz CT molecular complexity index is 3150. The minimum Gasteiger partial charge on any atom is -0.344 e. The fourth-order valence-electron chi connectivity index (χ4n) is 8.32. The van der Waals surface area contributed by atoms with E-state index in [-0.39, 0.29) is 6.17 Å². The lowest BCUT2D eigenvalue weighted by Gasteiger charge is -2.24. The van der Waals surface area contributed by atoms with Gasteiger partial charge in [0.15, 0.2) is 5.84 Å². The Morgan fingerprint density at radius 1 is 0.436 bits per heavy atom. The quantitative estimate of drug-likeness (QED) is 0.191. The molecule has 0 spiro atoms. The monoisotopic (exact) mass is 702 g/mol. The molecule has 0 fully saturated rings. The normalized spacial score (nSPS) is 14.4. The molecule has 0 saturated carbocycles. The first-order valence-corrected chi connectivity index (χ1v) is 18.8. The molecule has 258 valence electrons. The van der Waals surface area contributed by atoms with Crippen molar-refractivity contribution < 1.29 is 0 Å². The van der Waals surface area contributed by atoms with Crippen LogP contribution in [0.3, 0.4) is 0 Å². The lowest BCUT2D eigenvalue weighted by molar-refractivity contribution is 0.674. The molecule has 0 aliphatic carbocycles. The molecule has 9 aromatic carbocycles. The van der Waals surface area contributed by atoms with Crippen LogP contribution >= 0.6 is 0 Å². The molecule has 1 aliphatic heterocycles.